The van der Waals surface area contributed by atoms with Crippen molar-refractivity contribution in [2.24, 2.45) is 0 Å². The first-order chi connectivity index (χ1) is 14.9. The van der Waals surface area contributed by atoms with Crippen LogP contribution < -0.4 is 5.32 Å². The van der Waals surface area contributed by atoms with Crippen molar-refractivity contribution in [3.05, 3.63) is 24.3 Å². The molecule has 0 saturated carbocycles. The number of rotatable bonds is 15. The topological polar surface area (TPSA) is 125 Å². The van der Waals surface area contributed by atoms with E-state index in [1.807, 2.05) is 31.2 Å². The van der Waals surface area contributed by atoms with Crippen LogP contribution in [0.2, 0.25) is 0 Å². The molecule has 2 unspecified atom stereocenters. The van der Waals surface area contributed by atoms with E-state index in [9.17, 15) is 24.9 Å². The first-order valence-electron chi connectivity index (χ1n) is 11.2. The largest absolute Gasteiger partial charge is 0.388 e. The molecule has 0 spiro atoms. The van der Waals surface area contributed by atoms with E-state index in [0.29, 0.717) is 51.7 Å². The standard InChI is InChI=1S/C23H39NO7/c1-3-4-5-6-9-14-19(26)24-15-11-13-18(25)12-8-7-10-16-30-23-22(29)21(28)20(27)17(2)31-23/h3-6,17,20-23,27-29H,7-16H2,1-2H3,(H,24,26)/b4-3+,6-5+/t17?,20-,21-,22?,23+/m0/s1. The summed E-state index contributed by atoms with van der Waals surface area (Å²) in [6, 6.07) is 0. The maximum atomic E-state index is 11.9. The molecule has 31 heavy (non-hydrogen) atoms. The Kier molecular flexibility index (Phi) is 14.3. The summed E-state index contributed by atoms with van der Waals surface area (Å²) < 4.78 is 10.8. The molecule has 5 atom stereocenters. The van der Waals surface area contributed by atoms with Gasteiger partial charge in [0.05, 0.1) is 6.10 Å². The van der Waals surface area contributed by atoms with Crippen LogP contribution in [-0.2, 0) is 19.1 Å². The molecule has 178 valence electrons. The molecule has 1 rings (SSSR count). The molecule has 1 aliphatic rings. The number of unbranched alkanes of at least 4 members (excludes halogenated alkanes) is 2. The number of carbonyl (C=O) groups is 2. The van der Waals surface area contributed by atoms with Crippen molar-refractivity contribution in [1.82, 2.24) is 5.32 Å². The maximum absolute atomic E-state index is 11.9. The number of aliphatic hydroxyl groups excluding tert-OH is 3. The van der Waals surface area contributed by atoms with Crippen LogP contribution in [0.15, 0.2) is 24.3 Å². The fraction of sp³-hybridized carbons (Fsp3) is 0.739. The Labute approximate surface area is 185 Å². The summed E-state index contributed by atoms with van der Waals surface area (Å²) in [7, 11) is 0. The zero-order valence-electron chi connectivity index (χ0n) is 18.7. The SMILES string of the molecule is C/C=C/C=C/CCC(=O)NCCCC(=O)CCCCCO[C@@H]1OC(C)[C@H](O)[C@H](O)C1O. The fourth-order valence-corrected chi connectivity index (χ4v) is 3.18. The van der Waals surface area contributed by atoms with Gasteiger partial charge >= 0.3 is 0 Å². The molecule has 0 aromatic rings. The van der Waals surface area contributed by atoms with Crippen molar-refractivity contribution in [1.29, 1.82) is 0 Å². The van der Waals surface area contributed by atoms with Crippen LogP contribution in [-0.4, -0.2) is 70.9 Å². The number of nitrogens with one attached hydrogen (secondary N) is 1. The van der Waals surface area contributed by atoms with Crippen molar-refractivity contribution >= 4 is 11.7 Å². The summed E-state index contributed by atoms with van der Waals surface area (Å²) in [5.74, 6) is 0.183. The van der Waals surface area contributed by atoms with Gasteiger partial charge in [0, 0.05) is 32.4 Å². The summed E-state index contributed by atoms with van der Waals surface area (Å²) in [5.41, 5.74) is 0. The Bertz CT molecular complexity index is 578. The highest BCUT2D eigenvalue weighted by Crippen LogP contribution is 2.22. The van der Waals surface area contributed by atoms with Crippen LogP contribution >= 0.6 is 0 Å². The molecule has 1 fully saturated rings. The van der Waals surface area contributed by atoms with E-state index < -0.39 is 30.7 Å². The Morgan fingerprint density at radius 3 is 2.45 bits per heavy atom. The monoisotopic (exact) mass is 441 g/mol. The second kappa shape index (κ2) is 16.1. The molecule has 8 nitrogen and oxygen atoms in total. The number of carbonyl (C=O) groups excluding carboxylic acids is 2. The molecule has 0 radical (unpaired) electrons. The lowest BCUT2D eigenvalue weighted by molar-refractivity contribution is -0.293. The van der Waals surface area contributed by atoms with Crippen molar-refractivity contribution in [3.63, 3.8) is 0 Å². The van der Waals surface area contributed by atoms with Gasteiger partial charge in [-0.25, -0.2) is 0 Å². The highest BCUT2D eigenvalue weighted by molar-refractivity contribution is 5.78. The third-order valence-electron chi connectivity index (χ3n) is 5.12. The second-order valence-electron chi connectivity index (χ2n) is 7.85. The smallest absolute Gasteiger partial charge is 0.220 e. The summed E-state index contributed by atoms with van der Waals surface area (Å²) in [6.45, 7) is 4.39. The average Bonchev–Trinajstić information content (AvgIpc) is 2.75. The third-order valence-corrected chi connectivity index (χ3v) is 5.12. The normalized spacial score (nSPS) is 26.5. The van der Waals surface area contributed by atoms with E-state index in [1.54, 1.807) is 6.92 Å². The van der Waals surface area contributed by atoms with E-state index >= 15 is 0 Å². The van der Waals surface area contributed by atoms with E-state index in [0.717, 1.165) is 12.8 Å². The molecule has 0 aromatic carbocycles. The zero-order chi connectivity index (χ0) is 23.1. The minimum Gasteiger partial charge on any atom is -0.388 e. The number of ketones is 1. The zero-order valence-corrected chi connectivity index (χ0v) is 18.7. The quantitative estimate of drug-likeness (QED) is 0.225. The first kappa shape index (κ1) is 27.5. The number of aliphatic hydroxyl groups is 3. The second-order valence-corrected chi connectivity index (χ2v) is 7.85. The van der Waals surface area contributed by atoms with Gasteiger partial charge in [-0.1, -0.05) is 30.7 Å². The van der Waals surface area contributed by atoms with Crippen LogP contribution in [0.4, 0.5) is 0 Å². The minimum atomic E-state index is -1.30. The molecule has 0 aromatic heterocycles. The van der Waals surface area contributed by atoms with Gasteiger partial charge in [0.15, 0.2) is 6.29 Å². The molecule has 1 heterocycles. The molecule has 0 bridgehead atoms. The minimum absolute atomic E-state index is 0.000984. The summed E-state index contributed by atoms with van der Waals surface area (Å²) >= 11 is 0. The Hall–Kier alpha value is -1.58. The molecule has 1 amide bonds. The molecule has 0 aliphatic carbocycles. The van der Waals surface area contributed by atoms with Gasteiger partial charge in [-0.05, 0) is 39.5 Å². The summed E-state index contributed by atoms with van der Waals surface area (Å²) in [4.78, 5) is 23.6. The molecular weight excluding hydrogens is 402 g/mol. The van der Waals surface area contributed by atoms with Crippen molar-refractivity contribution in [3.8, 4) is 0 Å². The lowest BCUT2D eigenvalue weighted by Crippen LogP contribution is -2.57. The van der Waals surface area contributed by atoms with E-state index in [-0.39, 0.29) is 11.7 Å². The van der Waals surface area contributed by atoms with Crippen LogP contribution in [0, 0.1) is 0 Å². The van der Waals surface area contributed by atoms with Crippen LogP contribution in [0.3, 0.4) is 0 Å². The number of hydrogen-bond donors (Lipinski definition) is 4. The van der Waals surface area contributed by atoms with Gasteiger partial charge in [-0.3, -0.25) is 9.59 Å². The Morgan fingerprint density at radius 2 is 1.71 bits per heavy atom. The summed E-state index contributed by atoms with van der Waals surface area (Å²) in [6.07, 6.45) is 7.40. The van der Waals surface area contributed by atoms with Crippen molar-refractivity contribution in [2.75, 3.05) is 13.2 Å². The summed E-state index contributed by atoms with van der Waals surface area (Å²) in [5, 5.41) is 32.1. The third kappa shape index (κ3) is 11.6. The van der Waals surface area contributed by atoms with Crippen molar-refractivity contribution < 1.29 is 34.4 Å². The van der Waals surface area contributed by atoms with Crippen LogP contribution in [0.5, 0.6) is 0 Å². The molecule has 4 N–H and O–H groups in total. The predicted octanol–water partition coefficient (Wildman–Crippen LogP) is 1.77. The molecule has 8 heteroatoms. The molecule has 1 aliphatic heterocycles. The highest BCUT2D eigenvalue weighted by atomic mass is 16.7. The van der Waals surface area contributed by atoms with E-state index in [4.69, 9.17) is 9.47 Å². The van der Waals surface area contributed by atoms with Gasteiger partial charge in [0.1, 0.15) is 24.1 Å². The lowest BCUT2D eigenvalue weighted by Gasteiger charge is -2.38. The van der Waals surface area contributed by atoms with Crippen molar-refractivity contribution in [2.45, 2.75) is 95.9 Å². The van der Waals surface area contributed by atoms with Crippen LogP contribution in [0.25, 0.3) is 0 Å². The van der Waals surface area contributed by atoms with Gasteiger partial charge < -0.3 is 30.1 Å². The first-order valence-corrected chi connectivity index (χ1v) is 11.2. The van der Waals surface area contributed by atoms with E-state index in [1.165, 1.54) is 0 Å². The molecule has 1 saturated heterocycles. The number of hydrogen-bond acceptors (Lipinski definition) is 7. The highest BCUT2D eigenvalue weighted by Gasteiger charge is 2.42. The Morgan fingerprint density at radius 1 is 0.968 bits per heavy atom. The number of ether oxygens (including phenoxy) is 2. The predicted molar refractivity (Wildman–Crippen MR) is 117 cm³/mol. The van der Waals surface area contributed by atoms with Gasteiger partial charge in [-0.2, -0.15) is 0 Å². The fourth-order valence-electron chi connectivity index (χ4n) is 3.18. The van der Waals surface area contributed by atoms with Crippen LogP contribution in [0.1, 0.15) is 65.2 Å². The maximum Gasteiger partial charge on any atom is 0.220 e. The lowest BCUT2D eigenvalue weighted by atomic mass is 10.00. The molecular formula is C23H39NO7. The number of allylic oxidation sites excluding steroid dienone is 4. The Balaban J connectivity index is 1.99. The average molecular weight is 442 g/mol. The van der Waals surface area contributed by atoms with Gasteiger partial charge in [-0.15, -0.1) is 0 Å². The number of amides is 1. The van der Waals surface area contributed by atoms with Gasteiger partial charge in [0.2, 0.25) is 5.91 Å². The van der Waals surface area contributed by atoms with E-state index in [2.05, 4.69) is 5.32 Å². The van der Waals surface area contributed by atoms with Gasteiger partial charge in [0.25, 0.3) is 0 Å². The number of Topliss-reactive ketones (excluding diaryl/α,β-unsaturated/α-hetero) is 1.